The van der Waals surface area contributed by atoms with E-state index in [1.807, 2.05) is 0 Å². The summed E-state index contributed by atoms with van der Waals surface area (Å²) in [5.41, 5.74) is 0.664. The lowest BCUT2D eigenvalue weighted by atomic mass is 10.2. The van der Waals surface area contributed by atoms with E-state index in [1.54, 1.807) is 12.1 Å². The van der Waals surface area contributed by atoms with Crippen LogP contribution in [0.1, 0.15) is 5.01 Å². The SMILES string of the molecule is COc1cc(-c2nnc(CCCl)s2)ccc1[N+](=O)[O-]. The molecule has 2 rings (SSSR count). The maximum atomic E-state index is 10.8. The molecule has 0 aliphatic rings. The van der Waals surface area contributed by atoms with Crippen LogP contribution >= 0.6 is 22.9 Å². The number of nitro groups is 1. The molecule has 6 nitrogen and oxygen atoms in total. The lowest BCUT2D eigenvalue weighted by Gasteiger charge is -2.02. The molecular weight excluding hydrogens is 290 g/mol. The summed E-state index contributed by atoms with van der Waals surface area (Å²) in [7, 11) is 1.39. The van der Waals surface area contributed by atoms with Gasteiger partial charge in [0.25, 0.3) is 0 Å². The Balaban J connectivity index is 2.36. The molecule has 100 valence electrons. The number of aromatic nitrogens is 2. The molecule has 0 fully saturated rings. The van der Waals surface area contributed by atoms with Gasteiger partial charge in [0.05, 0.1) is 12.0 Å². The van der Waals surface area contributed by atoms with E-state index in [0.717, 1.165) is 10.6 Å². The van der Waals surface area contributed by atoms with Crippen LogP contribution in [0.4, 0.5) is 5.69 Å². The zero-order valence-corrected chi connectivity index (χ0v) is 11.6. The summed E-state index contributed by atoms with van der Waals surface area (Å²) in [4.78, 5) is 10.3. The van der Waals surface area contributed by atoms with E-state index in [4.69, 9.17) is 16.3 Å². The van der Waals surface area contributed by atoms with Crippen molar-refractivity contribution >= 4 is 28.6 Å². The van der Waals surface area contributed by atoms with Crippen molar-refractivity contribution in [1.82, 2.24) is 10.2 Å². The van der Waals surface area contributed by atoms with Crippen molar-refractivity contribution in [2.45, 2.75) is 6.42 Å². The fraction of sp³-hybridized carbons (Fsp3) is 0.273. The number of hydrogen-bond acceptors (Lipinski definition) is 6. The second kappa shape index (κ2) is 5.94. The summed E-state index contributed by atoms with van der Waals surface area (Å²) in [5.74, 6) is 0.690. The van der Waals surface area contributed by atoms with Crippen molar-refractivity contribution in [3.63, 3.8) is 0 Å². The third-order valence-corrected chi connectivity index (χ3v) is 3.62. The maximum absolute atomic E-state index is 10.8. The molecule has 19 heavy (non-hydrogen) atoms. The van der Waals surface area contributed by atoms with Gasteiger partial charge in [-0.25, -0.2) is 0 Å². The van der Waals surface area contributed by atoms with Crippen LogP contribution in [0.25, 0.3) is 10.6 Å². The molecule has 0 amide bonds. The quantitative estimate of drug-likeness (QED) is 0.482. The van der Waals surface area contributed by atoms with Crippen molar-refractivity contribution in [3.8, 4) is 16.3 Å². The number of nitrogens with zero attached hydrogens (tertiary/aromatic N) is 3. The number of ether oxygens (including phenoxy) is 1. The van der Waals surface area contributed by atoms with Gasteiger partial charge in [0.1, 0.15) is 10.0 Å². The molecule has 0 radical (unpaired) electrons. The first-order valence-corrected chi connectivity index (χ1v) is 6.72. The molecule has 1 aromatic heterocycles. The Kier molecular flexibility index (Phi) is 4.28. The average Bonchev–Trinajstić information content (AvgIpc) is 2.87. The topological polar surface area (TPSA) is 78.2 Å². The van der Waals surface area contributed by atoms with E-state index < -0.39 is 4.92 Å². The predicted octanol–water partition coefficient (Wildman–Crippen LogP) is 2.90. The first-order valence-electron chi connectivity index (χ1n) is 5.37. The molecule has 0 aliphatic carbocycles. The van der Waals surface area contributed by atoms with Gasteiger partial charge >= 0.3 is 5.69 Å². The summed E-state index contributed by atoms with van der Waals surface area (Å²) >= 11 is 7.05. The van der Waals surface area contributed by atoms with Gasteiger partial charge in [-0.3, -0.25) is 10.1 Å². The van der Waals surface area contributed by atoms with Gasteiger partial charge in [0.2, 0.25) is 0 Å². The Morgan fingerprint density at radius 2 is 2.26 bits per heavy atom. The lowest BCUT2D eigenvalue weighted by Crippen LogP contribution is -1.93. The number of rotatable bonds is 5. The second-order valence-electron chi connectivity index (χ2n) is 3.58. The number of benzene rings is 1. The highest BCUT2D eigenvalue weighted by Gasteiger charge is 2.16. The Bertz CT molecular complexity index is 603. The lowest BCUT2D eigenvalue weighted by molar-refractivity contribution is -0.385. The molecular formula is C11H10ClN3O3S. The number of nitro benzene ring substituents is 1. The third-order valence-electron chi connectivity index (χ3n) is 2.40. The van der Waals surface area contributed by atoms with E-state index in [0.29, 0.717) is 17.3 Å². The van der Waals surface area contributed by atoms with Crippen molar-refractivity contribution in [2.24, 2.45) is 0 Å². The largest absolute Gasteiger partial charge is 0.490 e. The first kappa shape index (κ1) is 13.7. The highest BCUT2D eigenvalue weighted by Crippen LogP contribution is 2.33. The monoisotopic (exact) mass is 299 g/mol. The molecule has 0 N–H and O–H groups in total. The van der Waals surface area contributed by atoms with Crippen molar-refractivity contribution in [2.75, 3.05) is 13.0 Å². The molecule has 2 aromatic rings. The van der Waals surface area contributed by atoms with E-state index in [1.165, 1.54) is 24.5 Å². The first-order chi connectivity index (χ1) is 9.15. The molecule has 8 heteroatoms. The molecule has 1 aromatic carbocycles. The van der Waals surface area contributed by atoms with E-state index >= 15 is 0 Å². The molecule has 0 saturated carbocycles. The minimum Gasteiger partial charge on any atom is -0.490 e. The van der Waals surface area contributed by atoms with Crippen LogP contribution in [-0.2, 0) is 6.42 Å². The van der Waals surface area contributed by atoms with Gasteiger partial charge in [-0.05, 0) is 12.1 Å². The Labute approximate surface area is 118 Å². The second-order valence-corrected chi connectivity index (χ2v) is 5.02. The standard InChI is InChI=1S/C11H10ClN3O3S/c1-18-9-6-7(2-3-8(9)15(16)17)11-14-13-10(19-11)4-5-12/h2-3,6H,4-5H2,1H3. The number of aryl methyl sites for hydroxylation is 1. The number of hydrogen-bond donors (Lipinski definition) is 0. The smallest absolute Gasteiger partial charge is 0.310 e. The summed E-state index contributed by atoms with van der Waals surface area (Å²) in [6.07, 6.45) is 0.656. The zero-order chi connectivity index (χ0) is 13.8. The summed E-state index contributed by atoms with van der Waals surface area (Å²) in [6, 6.07) is 4.62. The van der Waals surface area contributed by atoms with Crippen LogP contribution in [0.15, 0.2) is 18.2 Å². The fourth-order valence-corrected chi connectivity index (χ4v) is 2.64. The van der Waals surface area contributed by atoms with Gasteiger partial charge in [0.15, 0.2) is 5.75 Å². The third kappa shape index (κ3) is 2.99. The number of methoxy groups -OCH3 is 1. The Hall–Kier alpha value is -1.73. The van der Waals surface area contributed by atoms with Gasteiger partial charge in [0, 0.05) is 23.9 Å². The van der Waals surface area contributed by atoms with Crippen molar-refractivity contribution in [3.05, 3.63) is 33.3 Å². The Morgan fingerprint density at radius 1 is 1.47 bits per heavy atom. The minimum atomic E-state index is -0.484. The van der Waals surface area contributed by atoms with Crippen LogP contribution in [0.2, 0.25) is 0 Å². The van der Waals surface area contributed by atoms with Crippen LogP contribution in [0.5, 0.6) is 5.75 Å². The Morgan fingerprint density at radius 3 is 2.89 bits per heavy atom. The summed E-state index contributed by atoms with van der Waals surface area (Å²) in [5, 5.41) is 20.4. The van der Waals surface area contributed by atoms with Gasteiger partial charge in [-0.1, -0.05) is 11.3 Å². The van der Waals surface area contributed by atoms with Crippen molar-refractivity contribution < 1.29 is 9.66 Å². The highest BCUT2D eigenvalue weighted by atomic mass is 35.5. The minimum absolute atomic E-state index is 0.0725. The fourth-order valence-electron chi connectivity index (χ4n) is 1.51. The average molecular weight is 300 g/mol. The zero-order valence-electron chi connectivity index (χ0n) is 10.00. The summed E-state index contributed by atoms with van der Waals surface area (Å²) in [6.45, 7) is 0. The van der Waals surface area contributed by atoms with Gasteiger partial charge in [-0.15, -0.1) is 21.8 Å². The number of halogens is 1. The van der Waals surface area contributed by atoms with Gasteiger partial charge in [-0.2, -0.15) is 0 Å². The van der Waals surface area contributed by atoms with Gasteiger partial charge < -0.3 is 4.74 Å². The molecule has 0 spiro atoms. The molecule has 0 atom stereocenters. The normalized spacial score (nSPS) is 10.4. The molecule has 0 bridgehead atoms. The maximum Gasteiger partial charge on any atom is 0.310 e. The molecule has 0 saturated heterocycles. The van der Waals surface area contributed by atoms with E-state index in [2.05, 4.69) is 10.2 Å². The van der Waals surface area contributed by atoms with Crippen molar-refractivity contribution in [1.29, 1.82) is 0 Å². The van der Waals surface area contributed by atoms with Crippen LogP contribution in [0.3, 0.4) is 0 Å². The van der Waals surface area contributed by atoms with Crippen LogP contribution in [-0.4, -0.2) is 28.1 Å². The molecule has 1 heterocycles. The number of alkyl halides is 1. The van der Waals surface area contributed by atoms with E-state index in [-0.39, 0.29) is 11.4 Å². The highest BCUT2D eigenvalue weighted by molar-refractivity contribution is 7.14. The van der Waals surface area contributed by atoms with Crippen LogP contribution < -0.4 is 4.74 Å². The predicted molar refractivity (Wildman–Crippen MR) is 73.0 cm³/mol. The van der Waals surface area contributed by atoms with Crippen LogP contribution in [0, 0.1) is 10.1 Å². The molecule has 0 unspecified atom stereocenters. The molecule has 0 aliphatic heterocycles. The van der Waals surface area contributed by atoms with E-state index in [9.17, 15) is 10.1 Å². The summed E-state index contributed by atoms with van der Waals surface area (Å²) < 4.78 is 5.02.